The number of hydrogen-bond donors (Lipinski definition) is 1. The first kappa shape index (κ1) is 20.5. The molecule has 0 atom stereocenters. The Morgan fingerprint density at radius 1 is 1.45 bits per heavy atom. The molecule has 0 amide bonds. The minimum Gasteiger partial charge on any atom is -0.337 e. The van der Waals surface area contributed by atoms with Gasteiger partial charge in [0.1, 0.15) is 0 Å². The first-order valence-electron chi connectivity index (χ1n) is 7.16. The maximum absolute atomic E-state index is 10.9. The summed E-state index contributed by atoms with van der Waals surface area (Å²) in [5.74, 6) is -0.645. The van der Waals surface area contributed by atoms with Crippen LogP contribution in [0.1, 0.15) is 40.0 Å². The highest BCUT2D eigenvalue weighted by atomic mass is 32.2. The van der Waals surface area contributed by atoms with Crippen LogP contribution in [0.3, 0.4) is 0 Å². The summed E-state index contributed by atoms with van der Waals surface area (Å²) < 4.78 is 31.7. The van der Waals surface area contributed by atoms with E-state index in [-0.39, 0.29) is 12.2 Å². The maximum Gasteiger partial charge on any atom is 0.265 e. The van der Waals surface area contributed by atoms with Crippen molar-refractivity contribution in [3.63, 3.8) is 0 Å². The second-order valence-corrected chi connectivity index (χ2v) is 7.34. The second kappa shape index (κ2) is 9.53. The van der Waals surface area contributed by atoms with Crippen LogP contribution >= 0.6 is 0 Å². The number of ketones is 1. The maximum atomic E-state index is 10.9. The lowest BCUT2D eigenvalue weighted by molar-refractivity contribution is -0.116. The number of allylic oxidation sites excluding steroid dienone is 1. The monoisotopic (exact) mass is 330 g/mol. The van der Waals surface area contributed by atoms with E-state index in [1.165, 1.54) is 12.8 Å². The molecule has 1 rings (SSSR count). The van der Waals surface area contributed by atoms with Crippen LogP contribution in [0.15, 0.2) is 31.4 Å². The van der Waals surface area contributed by atoms with Crippen LogP contribution in [0.4, 0.5) is 0 Å². The Hall–Kier alpha value is -1.47. The Morgan fingerprint density at radius 3 is 2.50 bits per heavy atom. The fourth-order valence-corrected chi connectivity index (χ4v) is 2.94. The molecule has 0 fully saturated rings. The van der Waals surface area contributed by atoms with Crippen molar-refractivity contribution in [2.45, 2.75) is 46.6 Å². The SMILES string of the molecule is C=CC(=O)CC(C)(C)CS(=O)(=O)O.CCCCn1ccnc1. The van der Waals surface area contributed by atoms with E-state index in [2.05, 4.69) is 23.1 Å². The van der Waals surface area contributed by atoms with Gasteiger partial charge in [0.05, 0.1) is 12.1 Å². The predicted octanol–water partition coefficient (Wildman–Crippen LogP) is 2.73. The van der Waals surface area contributed by atoms with Crippen molar-refractivity contribution in [1.82, 2.24) is 9.55 Å². The molecule has 0 saturated carbocycles. The normalized spacial score (nSPS) is 11.5. The van der Waals surface area contributed by atoms with Crippen LogP contribution in [0.2, 0.25) is 0 Å². The summed E-state index contributed by atoms with van der Waals surface area (Å²) in [5, 5.41) is 0. The molecule has 0 aliphatic rings. The molecule has 126 valence electrons. The number of imidazole rings is 1. The molecule has 0 unspecified atom stereocenters. The third kappa shape index (κ3) is 11.2. The van der Waals surface area contributed by atoms with Crippen LogP contribution in [-0.4, -0.2) is 34.1 Å². The van der Waals surface area contributed by atoms with Gasteiger partial charge in [-0.25, -0.2) is 4.98 Å². The molecule has 0 aliphatic carbocycles. The van der Waals surface area contributed by atoms with Gasteiger partial charge < -0.3 is 4.57 Å². The zero-order valence-corrected chi connectivity index (χ0v) is 14.3. The first-order valence-corrected chi connectivity index (χ1v) is 8.76. The molecule has 7 heteroatoms. The molecule has 0 radical (unpaired) electrons. The lowest BCUT2D eigenvalue weighted by atomic mass is 9.90. The quantitative estimate of drug-likeness (QED) is 0.585. The lowest BCUT2D eigenvalue weighted by Gasteiger charge is -2.20. The summed E-state index contributed by atoms with van der Waals surface area (Å²) in [6, 6.07) is 0. The highest BCUT2D eigenvalue weighted by Gasteiger charge is 2.26. The number of aromatic nitrogens is 2. The largest absolute Gasteiger partial charge is 0.337 e. The summed E-state index contributed by atoms with van der Waals surface area (Å²) in [4.78, 5) is 14.9. The third-order valence-electron chi connectivity index (χ3n) is 2.78. The van der Waals surface area contributed by atoms with Gasteiger partial charge in [0.2, 0.25) is 0 Å². The van der Waals surface area contributed by atoms with Crippen molar-refractivity contribution in [2.75, 3.05) is 5.75 Å². The fourth-order valence-electron chi connectivity index (χ4n) is 1.85. The Balaban J connectivity index is 0.000000425. The number of unbranched alkanes of at least 4 members (excludes halogenated alkanes) is 1. The van der Waals surface area contributed by atoms with E-state index in [4.69, 9.17) is 4.55 Å². The number of nitrogens with zero attached hydrogens (tertiary/aromatic N) is 2. The second-order valence-electron chi connectivity index (χ2n) is 5.89. The molecule has 0 saturated heterocycles. The van der Waals surface area contributed by atoms with Crippen molar-refractivity contribution in [1.29, 1.82) is 0 Å². The molecule has 0 aromatic carbocycles. The van der Waals surface area contributed by atoms with E-state index in [1.807, 2.05) is 18.7 Å². The highest BCUT2D eigenvalue weighted by molar-refractivity contribution is 7.85. The van der Waals surface area contributed by atoms with E-state index in [9.17, 15) is 13.2 Å². The van der Waals surface area contributed by atoms with Gasteiger partial charge in [-0.2, -0.15) is 8.42 Å². The molecule has 22 heavy (non-hydrogen) atoms. The van der Waals surface area contributed by atoms with Crippen LogP contribution < -0.4 is 0 Å². The molecule has 6 nitrogen and oxygen atoms in total. The van der Waals surface area contributed by atoms with Crippen molar-refractivity contribution < 1.29 is 17.8 Å². The zero-order valence-electron chi connectivity index (χ0n) is 13.5. The lowest BCUT2D eigenvalue weighted by Crippen LogP contribution is -2.26. The zero-order chi connectivity index (χ0) is 17.2. The van der Waals surface area contributed by atoms with Crippen LogP contribution in [-0.2, 0) is 21.5 Å². The summed E-state index contributed by atoms with van der Waals surface area (Å²) in [6.45, 7) is 9.78. The van der Waals surface area contributed by atoms with Crippen molar-refractivity contribution >= 4 is 15.9 Å². The van der Waals surface area contributed by atoms with E-state index in [0.29, 0.717) is 0 Å². The van der Waals surface area contributed by atoms with Crippen molar-refractivity contribution in [2.24, 2.45) is 5.41 Å². The minimum atomic E-state index is -4.02. The first-order chi connectivity index (χ1) is 10.1. The number of hydrogen-bond acceptors (Lipinski definition) is 4. The molecule has 1 aromatic rings. The van der Waals surface area contributed by atoms with Gasteiger partial charge in [-0.05, 0) is 17.9 Å². The molecule has 0 aliphatic heterocycles. The van der Waals surface area contributed by atoms with E-state index in [0.717, 1.165) is 12.6 Å². The molecule has 1 aromatic heterocycles. The van der Waals surface area contributed by atoms with Gasteiger partial charge in [0, 0.05) is 25.4 Å². The Labute approximate surface area is 133 Å². The summed E-state index contributed by atoms with van der Waals surface area (Å²) in [6.07, 6.45) is 9.37. The standard InChI is InChI=1S/C8H14O4S.C7H12N2/c1-4-7(9)5-8(2,3)6-13(10,11)12;1-2-3-5-9-6-4-8-7-9/h4H,1,5-6H2,2-3H3,(H,10,11,12);4,6-7H,2-3,5H2,1H3. The summed E-state index contributed by atoms with van der Waals surface area (Å²) >= 11 is 0. The van der Waals surface area contributed by atoms with Gasteiger partial charge in [-0.15, -0.1) is 0 Å². The molecular formula is C15H26N2O4S. The Morgan fingerprint density at radius 2 is 2.09 bits per heavy atom. The number of carbonyl (C=O) groups excluding carboxylic acids is 1. The van der Waals surface area contributed by atoms with Crippen molar-refractivity contribution in [3.8, 4) is 0 Å². The van der Waals surface area contributed by atoms with Gasteiger partial charge in [-0.3, -0.25) is 9.35 Å². The van der Waals surface area contributed by atoms with Gasteiger partial charge in [0.25, 0.3) is 10.1 Å². The molecule has 0 bridgehead atoms. The fraction of sp³-hybridized carbons (Fsp3) is 0.600. The summed E-state index contributed by atoms with van der Waals surface area (Å²) in [7, 11) is -4.02. The van der Waals surface area contributed by atoms with Crippen LogP contribution in [0.5, 0.6) is 0 Å². The van der Waals surface area contributed by atoms with Gasteiger partial charge in [-0.1, -0.05) is 33.8 Å². The molecular weight excluding hydrogens is 304 g/mol. The Kier molecular flexibility index (Phi) is 8.89. The molecule has 1 heterocycles. The number of rotatable bonds is 8. The Bertz CT molecular complexity index is 548. The average Bonchev–Trinajstić information content (AvgIpc) is 2.86. The number of carbonyl (C=O) groups is 1. The minimum absolute atomic E-state index is 0.0658. The van der Waals surface area contributed by atoms with E-state index < -0.39 is 21.3 Å². The molecule has 1 N–H and O–H groups in total. The predicted molar refractivity (Wildman–Crippen MR) is 87.2 cm³/mol. The van der Waals surface area contributed by atoms with Gasteiger partial charge >= 0.3 is 0 Å². The highest BCUT2D eigenvalue weighted by Crippen LogP contribution is 2.22. The summed E-state index contributed by atoms with van der Waals surface area (Å²) in [5.41, 5.74) is -0.751. The van der Waals surface area contributed by atoms with Crippen LogP contribution in [0.25, 0.3) is 0 Å². The number of aryl methyl sites for hydroxylation is 1. The van der Waals surface area contributed by atoms with Crippen LogP contribution in [0, 0.1) is 5.41 Å². The molecule has 0 spiro atoms. The van der Waals surface area contributed by atoms with E-state index >= 15 is 0 Å². The van der Waals surface area contributed by atoms with Crippen molar-refractivity contribution in [3.05, 3.63) is 31.4 Å². The topological polar surface area (TPSA) is 89.3 Å². The average molecular weight is 330 g/mol. The van der Waals surface area contributed by atoms with Gasteiger partial charge in [0.15, 0.2) is 5.78 Å². The van der Waals surface area contributed by atoms with E-state index in [1.54, 1.807) is 13.8 Å². The third-order valence-corrected chi connectivity index (χ3v) is 3.93. The smallest absolute Gasteiger partial charge is 0.265 e.